The maximum absolute atomic E-state index is 13.8. The van der Waals surface area contributed by atoms with Gasteiger partial charge >= 0.3 is 0 Å². The van der Waals surface area contributed by atoms with E-state index in [4.69, 9.17) is 14.2 Å². The van der Waals surface area contributed by atoms with Gasteiger partial charge in [0.15, 0.2) is 17.3 Å². The smallest absolute Gasteiger partial charge is 0.163 e. The molecule has 6 nitrogen and oxygen atoms in total. The number of allylic oxidation sites excluding steroid dienone is 1. The van der Waals surface area contributed by atoms with Gasteiger partial charge in [-0.2, -0.15) is 0 Å². The lowest BCUT2D eigenvalue weighted by atomic mass is 9.78. The predicted molar refractivity (Wildman–Crippen MR) is 138 cm³/mol. The number of hydrogen-bond donors (Lipinski definition) is 2. The third-order valence-corrected chi connectivity index (χ3v) is 6.69. The van der Waals surface area contributed by atoms with E-state index >= 15 is 0 Å². The van der Waals surface area contributed by atoms with Crippen LogP contribution in [0.25, 0.3) is 0 Å². The Hall–Kier alpha value is -3.93. The van der Waals surface area contributed by atoms with Crippen LogP contribution in [-0.4, -0.2) is 26.6 Å². The Morgan fingerprint density at radius 3 is 2.43 bits per heavy atom. The standard InChI is InChI=1S/C29H30N2O4/c1-4-35-21-9-7-8-19(14-21)29-28-24(30-22-10-5-6-11-23(22)31-29)15-20(16-25(28)32)18-12-13-26(33-2)27(17-18)34-3/h5-14,17,20,29-31H,4,15-16H2,1-3H3/t20-,29-/m1/s1. The van der Waals surface area contributed by atoms with Gasteiger partial charge in [0, 0.05) is 17.7 Å². The molecule has 0 saturated heterocycles. The molecule has 0 aromatic heterocycles. The van der Waals surface area contributed by atoms with Gasteiger partial charge < -0.3 is 24.8 Å². The summed E-state index contributed by atoms with van der Waals surface area (Å²) in [4.78, 5) is 13.8. The molecule has 0 radical (unpaired) electrons. The summed E-state index contributed by atoms with van der Waals surface area (Å²) in [6.45, 7) is 2.56. The molecule has 0 bridgehead atoms. The Balaban J connectivity index is 1.57. The zero-order valence-corrected chi connectivity index (χ0v) is 20.3. The molecule has 1 aliphatic carbocycles. The van der Waals surface area contributed by atoms with Gasteiger partial charge in [0.1, 0.15) is 5.75 Å². The second-order valence-electron chi connectivity index (χ2n) is 8.79. The largest absolute Gasteiger partial charge is 0.494 e. The highest BCUT2D eigenvalue weighted by Gasteiger charge is 2.36. The molecule has 180 valence electrons. The molecular formula is C29H30N2O4. The lowest BCUT2D eigenvalue weighted by Gasteiger charge is -2.30. The Morgan fingerprint density at radius 1 is 0.857 bits per heavy atom. The Bertz CT molecular complexity index is 1280. The fraction of sp³-hybridized carbons (Fsp3) is 0.276. The van der Waals surface area contributed by atoms with Crippen molar-refractivity contribution in [3.63, 3.8) is 0 Å². The first-order valence-corrected chi connectivity index (χ1v) is 11.9. The van der Waals surface area contributed by atoms with Gasteiger partial charge in [0.25, 0.3) is 0 Å². The molecular weight excluding hydrogens is 440 g/mol. The minimum Gasteiger partial charge on any atom is -0.494 e. The number of fused-ring (bicyclic) bond motifs is 1. The predicted octanol–water partition coefficient (Wildman–Crippen LogP) is 6.08. The van der Waals surface area contributed by atoms with Crippen molar-refractivity contribution in [2.75, 3.05) is 31.5 Å². The average Bonchev–Trinajstić information content (AvgIpc) is 3.05. The van der Waals surface area contributed by atoms with Crippen molar-refractivity contribution < 1.29 is 19.0 Å². The van der Waals surface area contributed by atoms with Gasteiger partial charge in [0.2, 0.25) is 0 Å². The van der Waals surface area contributed by atoms with Gasteiger partial charge in [0.05, 0.1) is 38.2 Å². The third-order valence-electron chi connectivity index (χ3n) is 6.69. The first-order valence-electron chi connectivity index (χ1n) is 11.9. The van der Waals surface area contributed by atoms with E-state index in [0.29, 0.717) is 30.9 Å². The molecule has 1 aliphatic heterocycles. The van der Waals surface area contributed by atoms with E-state index in [1.165, 1.54) is 0 Å². The first kappa shape index (κ1) is 22.8. The fourth-order valence-electron chi connectivity index (χ4n) is 5.04. The van der Waals surface area contributed by atoms with Crippen molar-refractivity contribution in [3.8, 4) is 17.2 Å². The van der Waals surface area contributed by atoms with Gasteiger partial charge in [-0.1, -0.05) is 30.3 Å². The van der Waals surface area contributed by atoms with Crippen LogP contribution in [0, 0.1) is 0 Å². The molecule has 35 heavy (non-hydrogen) atoms. The van der Waals surface area contributed by atoms with Crippen LogP contribution in [0.1, 0.15) is 42.9 Å². The fourth-order valence-corrected chi connectivity index (χ4v) is 5.04. The van der Waals surface area contributed by atoms with Gasteiger partial charge in [-0.3, -0.25) is 4.79 Å². The monoisotopic (exact) mass is 470 g/mol. The normalized spacial score (nSPS) is 19.0. The molecule has 3 aromatic carbocycles. The summed E-state index contributed by atoms with van der Waals surface area (Å²) < 4.78 is 16.7. The second-order valence-corrected chi connectivity index (χ2v) is 8.79. The summed E-state index contributed by atoms with van der Waals surface area (Å²) in [6, 6.07) is 21.7. The number of carbonyl (C=O) groups is 1. The van der Waals surface area contributed by atoms with Gasteiger partial charge in [-0.15, -0.1) is 0 Å². The summed E-state index contributed by atoms with van der Waals surface area (Å²) in [5.74, 6) is 2.31. The van der Waals surface area contributed by atoms with Crippen molar-refractivity contribution in [3.05, 3.63) is 89.1 Å². The van der Waals surface area contributed by atoms with Crippen LogP contribution in [0.5, 0.6) is 17.2 Å². The van der Waals surface area contributed by atoms with Gasteiger partial charge in [-0.05, 0) is 66.8 Å². The van der Waals surface area contributed by atoms with Crippen LogP contribution in [-0.2, 0) is 4.79 Å². The van der Waals surface area contributed by atoms with Crippen LogP contribution in [0.4, 0.5) is 11.4 Å². The highest BCUT2D eigenvalue weighted by molar-refractivity contribution is 6.01. The van der Waals surface area contributed by atoms with Crippen molar-refractivity contribution in [1.82, 2.24) is 0 Å². The topological polar surface area (TPSA) is 68.8 Å². The van der Waals surface area contributed by atoms with Crippen molar-refractivity contribution in [1.29, 1.82) is 0 Å². The second kappa shape index (κ2) is 9.74. The Kier molecular flexibility index (Phi) is 6.36. The number of hydrogen-bond acceptors (Lipinski definition) is 6. The molecule has 0 fully saturated rings. The Labute approximate surface area is 205 Å². The number of ketones is 1. The maximum atomic E-state index is 13.8. The molecule has 0 saturated carbocycles. The van der Waals surface area contributed by atoms with E-state index in [1.54, 1.807) is 14.2 Å². The minimum atomic E-state index is -0.277. The van der Waals surface area contributed by atoms with E-state index < -0.39 is 0 Å². The molecule has 3 aromatic rings. The van der Waals surface area contributed by atoms with Crippen LogP contribution in [0.15, 0.2) is 78.0 Å². The van der Waals surface area contributed by atoms with Crippen LogP contribution in [0.3, 0.4) is 0 Å². The zero-order chi connectivity index (χ0) is 24.4. The molecule has 2 N–H and O–H groups in total. The van der Waals surface area contributed by atoms with E-state index in [1.807, 2.05) is 73.7 Å². The minimum absolute atomic E-state index is 0.0363. The molecule has 0 unspecified atom stereocenters. The van der Waals surface area contributed by atoms with E-state index in [-0.39, 0.29) is 17.7 Å². The van der Waals surface area contributed by atoms with Crippen molar-refractivity contribution >= 4 is 17.2 Å². The molecule has 2 aliphatic rings. The zero-order valence-electron chi connectivity index (χ0n) is 20.3. The Morgan fingerprint density at radius 2 is 1.66 bits per heavy atom. The van der Waals surface area contributed by atoms with E-state index in [9.17, 15) is 4.79 Å². The van der Waals surface area contributed by atoms with E-state index in [0.717, 1.165) is 39.5 Å². The van der Waals surface area contributed by atoms with Crippen molar-refractivity contribution in [2.24, 2.45) is 0 Å². The summed E-state index contributed by atoms with van der Waals surface area (Å²) in [7, 11) is 3.25. The van der Waals surface area contributed by atoms with Crippen molar-refractivity contribution in [2.45, 2.75) is 31.7 Å². The number of rotatable bonds is 6. The lowest BCUT2D eigenvalue weighted by Crippen LogP contribution is -2.27. The van der Waals surface area contributed by atoms with Gasteiger partial charge in [-0.25, -0.2) is 0 Å². The third kappa shape index (κ3) is 4.44. The SMILES string of the molecule is CCOc1cccc([C@H]2Nc3ccccc3NC3=C2C(=O)C[C@H](c2ccc(OC)c(OC)c2)C3)c1. The molecule has 0 spiro atoms. The van der Waals surface area contributed by atoms with Crippen LogP contribution < -0.4 is 24.8 Å². The average molecular weight is 471 g/mol. The molecule has 0 amide bonds. The molecule has 1 heterocycles. The van der Waals surface area contributed by atoms with E-state index in [2.05, 4.69) is 10.6 Å². The number of carbonyl (C=O) groups excluding carboxylic acids is 1. The lowest BCUT2D eigenvalue weighted by molar-refractivity contribution is -0.116. The maximum Gasteiger partial charge on any atom is 0.163 e. The number of benzene rings is 3. The summed E-state index contributed by atoms with van der Waals surface area (Å²) in [5.41, 5.74) is 5.72. The number of nitrogens with one attached hydrogen (secondary N) is 2. The summed E-state index contributed by atoms with van der Waals surface area (Å²) in [5, 5.41) is 7.22. The number of methoxy groups -OCH3 is 2. The summed E-state index contributed by atoms with van der Waals surface area (Å²) in [6.07, 6.45) is 1.14. The summed E-state index contributed by atoms with van der Waals surface area (Å²) >= 11 is 0. The van der Waals surface area contributed by atoms with Crippen LogP contribution in [0.2, 0.25) is 0 Å². The highest BCUT2D eigenvalue weighted by Crippen LogP contribution is 2.45. The molecule has 6 heteroatoms. The highest BCUT2D eigenvalue weighted by atomic mass is 16.5. The molecule has 5 rings (SSSR count). The number of Topliss-reactive ketones (excluding diaryl/α,β-unsaturated/α-hetero) is 1. The number of anilines is 2. The molecule has 2 atom stereocenters. The number of para-hydroxylation sites is 2. The quantitative estimate of drug-likeness (QED) is 0.455. The van der Waals surface area contributed by atoms with Crippen LogP contribution >= 0.6 is 0 Å². The number of ether oxygens (including phenoxy) is 3. The first-order chi connectivity index (χ1) is 17.1.